The first kappa shape index (κ1) is 13.2. The highest BCUT2D eigenvalue weighted by Gasteiger charge is 2.24. The molecule has 0 atom stereocenters. The van der Waals surface area contributed by atoms with Crippen LogP contribution < -0.4 is 5.73 Å². The molecule has 0 bridgehead atoms. The smallest absolute Gasteiger partial charge is 0.123 e. The van der Waals surface area contributed by atoms with E-state index in [0.29, 0.717) is 6.54 Å². The van der Waals surface area contributed by atoms with Gasteiger partial charge in [-0.25, -0.2) is 4.98 Å². The predicted molar refractivity (Wildman–Crippen MR) is 79.1 cm³/mol. The van der Waals surface area contributed by atoms with E-state index in [1.54, 1.807) is 11.3 Å². The first-order chi connectivity index (χ1) is 8.44. The summed E-state index contributed by atoms with van der Waals surface area (Å²) in [5.41, 5.74) is 9.43. The maximum absolute atomic E-state index is 5.86. The first-order valence-electron chi connectivity index (χ1n) is 6.19. The van der Waals surface area contributed by atoms with Gasteiger partial charge < -0.3 is 5.73 Å². The molecule has 2 nitrogen and oxygen atoms in total. The Morgan fingerprint density at radius 3 is 2.61 bits per heavy atom. The lowest BCUT2D eigenvalue weighted by atomic mass is 9.91. The molecule has 0 unspecified atom stereocenters. The molecule has 96 valence electrons. The van der Waals surface area contributed by atoms with E-state index in [4.69, 9.17) is 10.7 Å². The van der Waals surface area contributed by atoms with Gasteiger partial charge in [-0.05, 0) is 19.9 Å². The molecule has 1 aromatic heterocycles. The molecule has 3 heteroatoms. The maximum atomic E-state index is 5.86. The van der Waals surface area contributed by atoms with Gasteiger partial charge in [0.15, 0.2) is 0 Å². The van der Waals surface area contributed by atoms with Crippen LogP contribution in [-0.2, 0) is 5.41 Å². The number of nitrogens with zero attached hydrogens (tertiary/aromatic N) is 1. The summed E-state index contributed by atoms with van der Waals surface area (Å²) in [6, 6.07) is 8.48. The Hall–Kier alpha value is -1.19. The number of benzene rings is 1. The molecular formula is C15H20N2S. The van der Waals surface area contributed by atoms with Crippen molar-refractivity contribution in [3.05, 3.63) is 40.4 Å². The van der Waals surface area contributed by atoms with E-state index in [1.165, 1.54) is 16.0 Å². The molecule has 0 saturated carbocycles. The third kappa shape index (κ3) is 2.47. The van der Waals surface area contributed by atoms with Crippen molar-refractivity contribution >= 4 is 11.3 Å². The van der Waals surface area contributed by atoms with Crippen molar-refractivity contribution in [3.63, 3.8) is 0 Å². The molecule has 0 amide bonds. The lowest BCUT2D eigenvalue weighted by molar-refractivity contribution is 0.546. The fourth-order valence-electron chi connectivity index (χ4n) is 2.02. The van der Waals surface area contributed by atoms with Crippen LogP contribution in [0.2, 0.25) is 0 Å². The van der Waals surface area contributed by atoms with Gasteiger partial charge in [-0.15, -0.1) is 11.3 Å². The van der Waals surface area contributed by atoms with Crippen molar-refractivity contribution in [1.29, 1.82) is 0 Å². The third-order valence-electron chi connectivity index (χ3n) is 3.19. The van der Waals surface area contributed by atoms with E-state index < -0.39 is 0 Å². The summed E-state index contributed by atoms with van der Waals surface area (Å²) < 4.78 is 0. The summed E-state index contributed by atoms with van der Waals surface area (Å²) in [5, 5.41) is 1.09. The second-order valence-corrected chi connectivity index (χ2v) is 6.39. The van der Waals surface area contributed by atoms with Crippen LogP contribution >= 0.6 is 11.3 Å². The highest BCUT2D eigenvalue weighted by molar-refractivity contribution is 7.15. The average Bonchev–Trinajstić information content (AvgIpc) is 2.72. The summed E-state index contributed by atoms with van der Waals surface area (Å²) >= 11 is 1.76. The molecular weight excluding hydrogens is 240 g/mol. The summed E-state index contributed by atoms with van der Waals surface area (Å²) in [4.78, 5) is 5.99. The molecule has 0 aliphatic heterocycles. The summed E-state index contributed by atoms with van der Waals surface area (Å²) in [5.74, 6) is 0. The van der Waals surface area contributed by atoms with Gasteiger partial charge in [-0.2, -0.15) is 0 Å². The maximum Gasteiger partial charge on any atom is 0.123 e. The number of aromatic nitrogens is 1. The van der Waals surface area contributed by atoms with Crippen LogP contribution in [0.4, 0.5) is 0 Å². The van der Waals surface area contributed by atoms with Gasteiger partial charge in [0, 0.05) is 22.4 Å². The molecule has 2 N–H and O–H groups in total. The number of nitrogens with two attached hydrogens (primary N) is 1. The molecule has 0 fully saturated rings. The number of hydrogen-bond acceptors (Lipinski definition) is 3. The second-order valence-electron chi connectivity index (χ2n) is 5.39. The Balaban J connectivity index is 2.47. The lowest BCUT2D eigenvalue weighted by Crippen LogP contribution is -2.27. The van der Waals surface area contributed by atoms with E-state index in [0.717, 1.165) is 10.7 Å². The molecule has 0 aliphatic carbocycles. The highest BCUT2D eigenvalue weighted by atomic mass is 32.1. The Morgan fingerprint density at radius 2 is 2.00 bits per heavy atom. The van der Waals surface area contributed by atoms with E-state index in [-0.39, 0.29) is 5.41 Å². The monoisotopic (exact) mass is 260 g/mol. The van der Waals surface area contributed by atoms with Crippen LogP contribution in [0, 0.1) is 13.8 Å². The van der Waals surface area contributed by atoms with E-state index in [2.05, 4.69) is 52.0 Å². The molecule has 1 heterocycles. The zero-order valence-corrected chi connectivity index (χ0v) is 12.3. The highest BCUT2D eigenvalue weighted by Crippen LogP contribution is 2.35. The van der Waals surface area contributed by atoms with Crippen LogP contribution in [-0.4, -0.2) is 11.5 Å². The molecule has 2 aromatic rings. The molecule has 1 aromatic carbocycles. The van der Waals surface area contributed by atoms with Crippen molar-refractivity contribution < 1.29 is 0 Å². The van der Waals surface area contributed by atoms with Gasteiger partial charge in [0.05, 0.1) is 5.69 Å². The van der Waals surface area contributed by atoms with Crippen LogP contribution in [0.3, 0.4) is 0 Å². The SMILES string of the molecule is Cc1cccc(-c2nc(C)c(C(C)(C)CN)s2)c1. The van der Waals surface area contributed by atoms with Gasteiger partial charge in [-0.1, -0.05) is 37.6 Å². The molecule has 18 heavy (non-hydrogen) atoms. The Kier molecular flexibility index (Phi) is 3.55. The number of hydrogen-bond donors (Lipinski definition) is 1. The van der Waals surface area contributed by atoms with Crippen LogP contribution in [0.25, 0.3) is 10.6 Å². The molecule has 0 spiro atoms. The quantitative estimate of drug-likeness (QED) is 0.914. The summed E-state index contributed by atoms with van der Waals surface area (Å²) in [6.45, 7) is 9.17. The minimum Gasteiger partial charge on any atom is -0.330 e. The van der Waals surface area contributed by atoms with Crippen LogP contribution in [0.5, 0.6) is 0 Å². The van der Waals surface area contributed by atoms with Gasteiger partial charge in [0.1, 0.15) is 5.01 Å². The van der Waals surface area contributed by atoms with Crippen molar-refractivity contribution in [3.8, 4) is 10.6 Å². The topological polar surface area (TPSA) is 38.9 Å². The Morgan fingerprint density at radius 1 is 1.28 bits per heavy atom. The molecule has 0 saturated heterocycles. The minimum atomic E-state index is 0.00379. The van der Waals surface area contributed by atoms with Gasteiger partial charge in [0.25, 0.3) is 0 Å². The fourth-order valence-corrected chi connectivity index (χ4v) is 3.19. The van der Waals surface area contributed by atoms with Crippen molar-refractivity contribution in [1.82, 2.24) is 4.98 Å². The zero-order valence-electron chi connectivity index (χ0n) is 11.4. The van der Waals surface area contributed by atoms with Crippen molar-refractivity contribution in [2.75, 3.05) is 6.54 Å². The van der Waals surface area contributed by atoms with E-state index in [9.17, 15) is 0 Å². The molecule has 0 radical (unpaired) electrons. The molecule has 2 rings (SSSR count). The molecule has 0 aliphatic rings. The predicted octanol–water partition coefficient (Wildman–Crippen LogP) is 3.66. The average molecular weight is 260 g/mol. The Bertz CT molecular complexity index is 555. The van der Waals surface area contributed by atoms with Gasteiger partial charge >= 0.3 is 0 Å². The van der Waals surface area contributed by atoms with E-state index >= 15 is 0 Å². The second kappa shape index (κ2) is 4.82. The lowest BCUT2D eigenvalue weighted by Gasteiger charge is -2.20. The summed E-state index contributed by atoms with van der Waals surface area (Å²) in [6.07, 6.45) is 0. The number of rotatable bonds is 3. The van der Waals surface area contributed by atoms with Crippen LogP contribution in [0.1, 0.15) is 30.0 Å². The third-order valence-corrected chi connectivity index (χ3v) is 4.76. The van der Waals surface area contributed by atoms with Gasteiger partial charge in [-0.3, -0.25) is 0 Å². The first-order valence-corrected chi connectivity index (χ1v) is 7.01. The van der Waals surface area contributed by atoms with Crippen molar-refractivity contribution in [2.45, 2.75) is 33.1 Å². The zero-order chi connectivity index (χ0) is 13.3. The largest absolute Gasteiger partial charge is 0.330 e. The van der Waals surface area contributed by atoms with Crippen molar-refractivity contribution in [2.24, 2.45) is 5.73 Å². The van der Waals surface area contributed by atoms with Gasteiger partial charge in [0.2, 0.25) is 0 Å². The number of aryl methyl sites for hydroxylation is 2. The van der Waals surface area contributed by atoms with E-state index in [1.807, 2.05) is 0 Å². The Labute approximate surface area is 113 Å². The number of thiazole rings is 1. The minimum absolute atomic E-state index is 0.00379. The normalized spacial score (nSPS) is 11.8. The van der Waals surface area contributed by atoms with Crippen LogP contribution in [0.15, 0.2) is 24.3 Å². The standard InChI is InChI=1S/C15H20N2S/c1-10-6-5-7-12(8-10)14-17-11(2)13(18-14)15(3,4)9-16/h5-8H,9,16H2,1-4H3. The summed E-state index contributed by atoms with van der Waals surface area (Å²) in [7, 11) is 0. The fraction of sp³-hybridized carbons (Fsp3) is 0.400.